The summed E-state index contributed by atoms with van der Waals surface area (Å²) in [6.07, 6.45) is 2.59. The largest absolute Gasteiger partial charge is 0.444 e. The van der Waals surface area contributed by atoms with Crippen LogP contribution in [0.5, 0.6) is 0 Å². The Labute approximate surface area is 208 Å². The van der Waals surface area contributed by atoms with Crippen LogP contribution in [-0.2, 0) is 19.1 Å². The Balaban J connectivity index is 3.43. The predicted octanol–water partition coefficient (Wildman–Crippen LogP) is 3.29. The third-order valence-electron chi connectivity index (χ3n) is 4.99. The van der Waals surface area contributed by atoms with E-state index < -0.39 is 42.0 Å². The first-order valence-corrected chi connectivity index (χ1v) is 12.0. The minimum Gasteiger partial charge on any atom is -0.444 e. The minimum atomic E-state index is -1.29. The molecule has 0 bridgehead atoms. The van der Waals surface area contributed by atoms with Gasteiger partial charge < -0.3 is 26.0 Å². The molecule has 1 rings (SSSR count). The van der Waals surface area contributed by atoms with Crippen LogP contribution in [0.3, 0.4) is 0 Å². The van der Waals surface area contributed by atoms with Crippen molar-refractivity contribution in [3.63, 3.8) is 0 Å². The second-order valence-corrected chi connectivity index (χ2v) is 9.32. The maximum atomic E-state index is 13.7. The van der Waals surface area contributed by atoms with Gasteiger partial charge in [-0.1, -0.05) is 51.1 Å². The number of nitrogens with two attached hydrogens (primary N) is 1. The van der Waals surface area contributed by atoms with Crippen molar-refractivity contribution in [2.75, 3.05) is 13.1 Å². The summed E-state index contributed by atoms with van der Waals surface area (Å²) in [6, 6.07) is 4.91. The first kappa shape index (κ1) is 29.7. The third kappa shape index (κ3) is 10.2. The average molecular weight is 489 g/mol. The maximum Gasteiger partial charge on any atom is 0.408 e. The molecule has 194 valence electrons. The van der Waals surface area contributed by atoms with Gasteiger partial charge in [0, 0.05) is 13.1 Å². The number of carbonyl (C=O) groups excluding carboxylic acids is 4. The fourth-order valence-corrected chi connectivity index (χ4v) is 3.47. The highest BCUT2D eigenvalue weighted by Gasteiger charge is 2.36. The maximum absolute atomic E-state index is 13.7. The Morgan fingerprint density at radius 3 is 2.40 bits per heavy atom. The van der Waals surface area contributed by atoms with Crippen LogP contribution in [0, 0.1) is 0 Å². The zero-order valence-electron chi connectivity index (χ0n) is 21.6. The molecule has 0 radical (unpaired) electrons. The molecular formula is C26H40N4O5. The lowest BCUT2D eigenvalue weighted by molar-refractivity contribution is -0.143. The summed E-state index contributed by atoms with van der Waals surface area (Å²) < 4.78 is 5.26. The number of hydrogen-bond donors (Lipinski definition) is 3. The molecule has 9 nitrogen and oxygen atoms in total. The summed E-state index contributed by atoms with van der Waals surface area (Å²) >= 11 is 0. The molecule has 1 aromatic rings. The van der Waals surface area contributed by atoms with Crippen molar-refractivity contribution in [2.45, 2.75) is 78.0 Å². The monoisotopic (exact) mass is 488 g/mol. The molecule has 1 aromatic carbocycles. The predicted molar refractivity (Wildman–Crippen MR) is 136 cm³/mol. The van der Waals surface area contributed by atoms with E-state index in [1.165, 1.54) is 4.90 Å². The molecule has 0 aliphatic heterocycles. The van der Waals surface area contributed by atoms with Crippen molar-refractivity contribution >= 4 is 29.9 Å². The van der Waals surface area contributed by atoms with Crippen LogP contribution in [-0.4, -0.2) is 53.4 Å². The number of unbranched alkanes of at least 4 members (excludes halogenated alkanes) is 1. The number of alkyl carbamates (subject to hydrolysis) is 1. The van der Waals surface area contributed by atoms with E-state index in [9.17, 15) is 19.2 Å². The Morgan fingerprint density at radius 1 is 1.17 bits per heavy atom. The van der Waals surface area contributed by atoms with Crippen molar-refractivity contribution in [1.82, 2.24) is 15.5 Å². The Kier molecular flexibility index (Phi) is 12.0. The minimum absolute atomic E-state index is 0.217. The molecule has 0 aliphatic rings. The van der Waals surface area contributed by atoms with Gasteiger partial charge in [0.2, 0.25) is 17.7 Å². The molecule has 4 amide bonds. The molecular weight excluding hydrogens is 448 g/mol. The number of amides is 4. The second-order valence-electron chi connectivity index (χ2n) is 9.32. The van der Waals surface area contributed by atoms with Crippen LogP contribution in [0.25, 0.3) is 6.08 Å². The Hall–Kier alpha value is -3.36. The fourth-order valence-electron chi connectivity index (χ4n) is 3.47. The normalized spacial score (nSPS) is 12.7. The van der Waals surface area contributed by atoms with Gasteiger partial charge in [0.05, 0.1) is 6.42 Å². The highest BCUT2D eigenvalue weighted by molar-refractivity contribution is 5.94. The van der Waals surface area contributed by atoms with Crippen molar-refractivity contribution in [3.05, 3.63) is 42.0 Å². The standard InChI is InChI=1S/C26H40N4O5/c1-7-10-14-28-23(32)22(19-13-11-12-18(9-3)16-19)30(15-8-2)24(33)20(17-21(27)31)29-25(34)35-26(4,5)6/h9,11-13,16,20,22H,3,7-8,10,14-15,17H2,1-2,4-6H3,(H2,27,31)(H,28,32)(H,29,34). The summed E-state index contributed by atoms with van der Waals surface area (Å²) in [5, 5.41) is 5.37. The number of ether oxygens (including phenoxy) is 1. The fraction of sp³-hybridized carbons (Fsp3) is 0.538. The third-order valence-corrected chi connectivity index (χ3v) is 4.99. The lowest BCUT2D eigenvalue weighted by Gasteiger charge is -2.34. The molecule has 2 atom stereocenters. The first-order chi connectivity index (χ1) is 16.4. The smallest absolute Gasteiger partial charge is 0.408 e. The van der Waals surface area contributed by atoms with E-state index in [1.54, 1.807) is 45.0 Å². The molecule has 9 heteroatoms. The summed E-state index contributed by atoms with van der Waals surface area (Å²) in [5.41, 5.74) is 5.96. The van der Waals surface area contributed by atoms with E-state index in [-0.39, 0.29) is 12.5 Å². The van der Waals surface area contributed by atoms with E-state index >= 15 is 0 Å². The van der Waals surface area contributed by atoms with E-state index in [0.29, 0.717) is 18.5 Å². The van der Waals surface area contributed by atoms with Crippen LogP contribution in [0.4, 0.5) is 4.79 Å². The van der Waals surface area contributed by atoms with Gasteiger partial charge in [-0.2, -0.15) is 0 Å². The Bertz CT molecular complexity index is 894. The van der Waals surface area contributed by atoms with Gasteiger partial charge >= 0.3 is 6.09 Å². The number of rotatable bonds is 13. The van der Waals surface area contributed by atoms with Crippen molar-refractivity contribution in [3.8, 4) is 0 Å². The molecule has 2 unspecified atom stereocenters. The molecule has 0 aromatic heterocycles. The second kappa shape index (κ2) is 14.1. The quantitative estimate of drug-likeness (QED) is 0.367. The summed E-state index contributed by atoms with van der Waals surface area (Å²) in [7, 11) is 0. The van der Waals surface area contributed by atoms with E-state index in [0.717, 1.165) is 18.4 Å². The Morgan fingerprint density at radius 2 is 1.86 bits per heavy atom. The highest BCUT2D eigenvalue weighted by atomic mass is 16.6. The molecule has 0 saturated carbocycles. The molecule has 0 fully saturated rings. The summed E-state index contributed by atoms with van der Waals surface area (Å²) in [4.78, 5) is 52.6. The molecule has 35 heavy (non-hydrogen) atoms. The highest BCUT2D eigenvalue weighted by Crippen LogP contribution is 2.25. The number of carbonyl (C=O) groups is 4. The van der Waals surface area contributed by atoms with Gasteiger partial charge in [-0.3, -0.25) is 14.4 Å². The van der Waals surface area contributed by atoms with Crippen LogP contribution < -0.4 is 16.4 Å². The molecule has 0 saturated heterocycles. The van der Waals surface area contributed by atoms with Crippen LogP contribution in [0.1, 0.15) is 77.5 Å². The lowest BCUT2D eigenvalue weighted by Crippen LogP contribution is -2.54. The number of primary amides is 1. The van der Waals surface area contributed by atoms with Crippen LogP contribution in [0.2, 0.25) is 0 Å². The van der Waals surface area contributed by atoms with Crippen LogP contribution >= 0.6 is 0 Å². The van der Waals surface area contributed by atoms with Gasteiger partial charge in [0.25, 0.3) is 0 Å². The molecule has 0 spiro atoms. The summed E-state index contributed by atoms with van der Waals surface area (Å²) in [6.45, 7) is 13.4. The summed E-state index contributed by atoms with van der Waals surface area (Å²) in [5.74, 6) is -1.72. The molecule has 0 aliphatic carbocycles. The van der Waals surface area contributed by atoms with Gasteiger partial charge in [-0.05, 0) is 50.8 Å². The molecule has 4 N–H and O–H groups in total. The van der Waals surface area contributed by atoms with Gasteiger partial charge in [-0.15, -0.1) is 0 Å². The van der Waals surface area contributed by atoms with Gasteiger partial charge in [-0.25, -0.2) is 4.79 Å². The first-order valence-electron chi connectivity index (χ1n) is 12.0. The number of nitrogens with zero attached hydrogens (tertiary/aromatic N) is 1. The SMILES string of the molecule is C=Cc1cccc(C(C(=O)NCCCC)N(CCC)C(=O)C(CC(N)=O)NC(=O)OC(C)(C)C)c1. The number of hydrogen-bond acceptors (Lipinski definition) is 5. The van der Waals surface area contributed by atoms with Gasteiger partial charge in [0.15, 0.2) is 0 Å². The topological polar surface area (TPSA) is 131 Å². The zero-order valence-corrected chi connectivity index (χ0v) is 21.6. The zero-order chi connectivity index (χ0) is 26.6. The van der Waals surface area contributed by atoms with Crippen molar-refractivity contribution < 1.29 is 23.9 Å². The van der Waals surface area contributed by atoms with E-state index in [2.05, 4.69) is 17.2 Å². The molecule has 0 heterocycles. The number of benzene rings is 1. The number of nitrogens with one attached hydrogen (secondary N) is 2. The van der Waals surface area contributed by atoms with E-state index in [1.807, 2.05) is 19.9 Å². The van der Waals surface area contributed by atoms with Crippen LogP contribution in [0.15, 0.2) is 30.8 Å². The lowest BCUT2D eigenvalue weighted by atomic mass is 9.99. The van der Waals surface area contributed by atoms with Crippen molar-refractivity contribution in [1.29, 1.82) is 0 Å². The van der Waals surface area contributed by atoms with Crippen molar-refractivity contribution in [2.24, 2.45) is 5.73 Å². The van der Waals surface area contributed by atoms with E-state index in [4.69, 9.17) is 10.5 Å². The average Bonchev–Trinajstić information content (AvgIpc) is 2.76. The van der Waals surface area contributed by atoms with Gasteiger partial charge in [0.1, 0.15) is 17.7 Å².